The number of nitrogens with zero attached hydrogens (tertiary/aromatic N) is 1. The van der Waals surface area contributed by atoms with Crippen molar-refractivity contribution >= 4 is 22.7 Å². The SMILES string of the molecule is Cc1cc(C(=O)NNC(=O)c2ccccc2F)c2ccccc2n1. The maximum atomic E-state index is 13.6. The van der Waals surface area contributed by atoms with Gasteiger partial charge in [-0.05, 0) is 31.2 Å². The molecule has 2 aromatic carbocycles. The van der Waals surface area contributed by atoms with Gasteiger partial charge in [-0.2, -0.15) is 0 Å². The molecule has 0 unspecified atom stereocenters. The molecule has 6 heteroatoms. The number of benzene rings is 2. The Balaban J connectivity index is 1.81. The Hall–Kier alpha value is -3.28. The van der Waals surface area contributed by atoms with E-state index in [1.807, 2.05) is 6.07 Å². The molecule has 2 amide bonds. The smallest absolute Gasteiger partial charge is 0.267 e. The van der Waals surface area contributed by atoms with E-state index in [1.54, 1.807) is 37.3 Å². The van der Waals surface area contributed by atoms with Gasteiger partial charge in [0.15, 0.2) is 0 Å². The van der Waals surface area contributed by atoms with E-state index in [0.717, 1.165) is 0 Å². The Morgan fingerprint density at radius 2 is 1.54 bits per heavy atom. The molecule has 2 N–H and O–H groups in total. The second-order valence-corrected chi connectivity index (χ2v) is 5.22. The zero-order valence-electron chi connectivity index (χ0n) is 12.8. The Bertz CT molecular complexity index is 940. The second-order valence-electron chi connectivity index (χ2n) is 5.22. The van der Waals surface area contributed by atoms with Crippen LogP contribution in [0.4, 0.5) is 4.39 Å². The summed E-state index contributed by atoms with van der Waals surface area (Å²) in [4.78, 5) is 28.7. The third-order valence-electron chi connectivity index (χ3n) is 3.50. The first kappa shape index (κ1) is 15.6. The predicted octanol–water partition coefficient (Wildman–Crippen LogP) is 2.76. The lowest BCUT2D eigenvalue weighted by molar-refractivity contribution is 0.0845. The van der Waals surface area contributed by atoms with Gasteiger partial charge in [-0.3, -0.25) is 25.4 Å². The monoisotopic (exact) mass is 323 g/mol. The molecule has 0 saturated heterocycles. The summed E-state index contributed by atoms with van der Waals surface area (Å²) in [6, 6.07) is 14.4. The van der Waals surface area contributed by atoms with Crippen molar-refractivity contribution in [2.45, 2.75) is 6.92 Å². The second kappa shape index (κ2) is 6.45. The van der Waals surface area contributed by atoms with Crippen LogP contribution in [0.5, 0.6) is 0 Å². The highest BCUT2D eigenvalue weighted by atomic mass is 19.1. The molecule has 0 bridgehead atoms. The van der Waals surface area contributed by atoms with E-state index in [4.69, 9.17) is 0 Å². The lowest BCUT2D eigenvalue weighted by atomic mass is 10.1. The van der Waals surface area contributed by atoms with Gasteiger partial charge in [0.05, 0.1) is 16.6 Å². The molecular weight excluding hydrogens is 309 g/mol. The van der Waals surface area contributed by atoms with Gasteiger partial charge in [0, 0.05) is 11.1 Å². The molecule has 0 aliphatic rings. The molecular formula is C18H14FN3O2. The van der Waals surface area contributed by atoms with Crippen LogP contribution in [0.2, 0.25) is 0 Å². The van der Waals surface area contributed by atoms with Crippen LogP contribution in [-0.2, 0) is 0 Å². The van der Waals surface area contributed by atoms with Gasteiger partial charge in [0.1, 0.15) is 5.82 Å². The van der Waals surface area contributed by atoms with E-state index < -0.39 is 17.6 Å². The van der Waals surface area contributed by atoms with Crippen LogP contribution in [-0.4, -0.2) is 16.8 Å². The van der Waals surface area contributed by atoms with Crippen LogP contribution in [0.3, 0.4) is 0 Å². The third-order valence-corrected chi connectivity index (χ3v) is 3.50. The van der Waals surface area contributed by atoms with Crippen molar-refractivity contribution in [3.63, 3.8) is 0 Å². The first-order valence-corrected chi connectivity index (χ1v) is 7.28. The predicted molar refractivity (Wildman–Crippen MR) is 87.8 cm³/mol. The summed E-state index contributed by atoms with van der Waals surface area (Å²) in [6.07, 6.45) is 0. The summed E-state index contributed by atoms with van der Waals surface area (Å²) in [5, 5.41) is 0.667. The summed E-state index contributed by atoms with van der Waals surface area (Å²) in [5.74, 6) is -1.88. The first-order valence-electron chi connectivity index (χ1n) is 7.28. The van der Waals surface area contributed by atoms with Crippen molar-refractivity contribution in [2.24, 2.45) is 0 Å². The Labute approximate surface area is 137 Å². The number of aromatic nitrogens is 1. The van der Waals surface area contributed by atoms with Crippen molar-refractivity contribution in [1.29, 1.82) is 0 Å². The summed E-state index contributed by atoms with van der Waals surface area (Å²) in [6.45, 7) is 1.78. The zero-order chi connectivity index (χ0) is 17.1. The van der Waals surface area contributed by atoms with Crippen LogP contribution in [0.25, 0.3) is 10.9 Å². The topological polar surface area (TPSA) is 71.1 Å². The number of nitrogens with one attached hydrogen (secondary N) is 2. The maximum Gasteiger partial charge on any atom is 0.272 e. The summed E-state index contributed by atoms with van der Waals surface area (Å²) < 4.78 is 13.6. The molecule has 1 aromatic heterocycles. The van der Waals surface area contributed by atoms with E-state index in [-0.39, 0.29) is 5.56 Å². The highest BCUT2D eigenvalue weighted by Gasteiger charge is 2.15. The normalized spacial score (nSPS) is 10.4. The fraction of sp³-hybridized carbons (Fsp3) is 0.0556. The van der Waals surface area contributed by atoms with Gasteiger partial charge in [-0.25, -0.2) is 4.39 Å². The molecule has 3 aromatic rings. The van der Waals surface area contributed by atoms with E-state index in [1.165, 1.54) is 18.2 Å². The minimum absolute atomic E-state index is 0.145. The Kier molecular flexibility index (Phi) is 4.20. The molecule has 3 rings (SSSR count). The number of pyridine rings is 1. The average molecular weight is 323 g/mol. The average Bonchev–Trinajstić information content (AvgIpc) is 2.59. The third kappa shape index (κ3) is 3.08. The highest BCUT2D eigenvalue weighted by molar-refractivity contribution is 6.07. The maximum absolute atomic E-state index is 13.6. The number of aryl methyl sites for hydroxylation is 1. The minimum Gasteiger partial charge on any atom is -0.267 e. The van der Waals surface area contributed by atoms with E-state index in [2.05, 4.69) is 15.8 Å². The summed E-state index contributed by atoms with van der Waals surface area (Å²) in [5.41, 5.74) is 6.13. The molecule has 1 heterocycles. The number of rotatable bonds is 2. The summed E-state index contributed by atoms with van der Waals surface area (Å²) >= 11 is 0. The number of halogens is 1. The number of hydrazine groups is 1. The molecule has 0 saturated carbocycles. The highest BCUT2D eigenvalue weighted by Crippen LogP contribution is 2.17. The largest absolute Gasteiger partial charge is 0.272 e. The van der Waals surface area contributed by atoms with E-state index in [9.17, 15) is 14.0 Å². The Morgan fingerprint density at radius 1 is 0.917 bits per heavy atom. The standard InChI is InChI=1S/C18H14FN3O2/c1-11-10-14(12-6-3-5-9-16(12)20-11)18(24)22-21-17(23)13-7-2-4-8-15(13)19/h2-10H,1H3,(H,21,23)(H,22,24). The summed E-state index contributed by atoms with van der Waals surface area (Å²) in [7, 11) is 0. The van der Waals surface area contributed by atoms with Crippen LogP contribution in [0.15, 0.2) is 54.6 Å². The van der Waals surface area contributed by atoms with Gasteiger partial charge < -0.3 is 0 Å². The number of fused-ring (bicyclic) bond motifs is 1. The van der Waals surface area contributed by atoms with Crippen molar-refractivity contribution < 1.29 is 14.0 Å². The number of para-hydroxylation sites is 1. The number of carbonyl (C=O) groups is 2. The van der Waals surface area contributed by atoms with Crippen molar-refractivity contribution in [1.82, 2.24) is 15.8 Å². The van der Waals surface area contributed by atoms with Gasteiger partial charge in [-0.15, -0.1) is 0 Å². The van der Waals surface area contributed by atoms with Gasteiger partial charge >= 0.3 is 0 Å². The molecule has 0 radical (unpaired) electrons. The van der Waals surface area contributed by atoms with E-state index in [0.29, 0.717) is 22.2 Å². The van der Waals surface area contributed by atoms with Gasteiger partial charge in [-0.1, -0.05) is 30.3 Å². The van der Waals surface area contributed by atoms with Crippen molar-refractivity contribution in [2.75, 3.05) is 0 Å². The van der Waals surface area contributed by atoms with Crippen LogP contribution in [0, 0.1) is 12.7 Å². The Morgan fingerprint density at radius 3 is 2.29 bits per heavy atom. The fourth-order valence-corrected chi connectivity index (χ4v) is 2.39. The quantitative estimate of drug-likeness (QED) is 0.712. The van der Waals surface area contributed by atoms with Gasteiger partial charge in [0.2, 0.25) is 0 Å². The van der Waals surface area contributed by atoms with Crippen molar-refractivity contribution in [3.05, 3.63) is 77.2 Å². The van der Waals surface area contributed by atoms with Crippen molar-refractivity contribution in [3.8, 4) is 0 Å². The van der Waals surface area contributed by atoms with Crippen LogP contribution < -0.4 is 10.9 Å². The molecule has 24 heavy (non-hydrogen) atoms. The molecule has 0 spiro atoms. The fourth-order valence-electron chi connectivity index (χ4n) is 2.39. The molecule has 120 valence electrons. The van der Waals surface area contributed by atoms with Crippen LogP contribution >= 0.6 is 0 Å². The lowest BCUT2D eigenvalue weighted by Gasteiger charge is -2.10. The van der Waals surface area contributed by atoms with Crippen LogP contribution in [0.1, 0.15) is 26.4 Å². The number of hydrogen-bond donors (Lipinski definition) is 2. The molecule has 5 nitrogen and oxygen atoms in total. The van der Waals surface area contributed by atoms with E-state index >= 15 is 0 Å². The van der Waals surface area contributed by atoms with Gasteiger partial charge in [0.25, 0.3) is 11.8 Å². The number of carbonyl (C=O) groups excluding carboxylic acids is 2. The lowest BCUT2D eigenvalue weighted by Crippen LogP contribution is -2.42. The minimum atomic E-state index is -0.725. The number of amides is 2. The molecule has 0 aliphatic carbocycles. The zero-order valence-corrected chi connectivity index (χ0v) is 12.8. The number of hydrogen-bond acceptors (Lipinski definition) is 3. The molecule has 0 aliphatic heterocycles. The first-order chi connectivity index (χ1) is 11.6. The molecule has 0 fully saturated rings. The molecule has 0 atom stereocenters.